The Labute approximate surface area is 121 Å². The van der Waals surface area contributed by atoms with Crippen LogP contribution in [0.25, 0.3) is 0 Å². The molecule has 0 aromatic heterocycles. The molecule has 0 saturated carbocycles. The third kappa shape index (κ3) is 3.68. The lowest BCUT2D eigenvalue weighted by molar-refractivity contribution is -0.00537. The maximum Gasteiger partial charge on any atom is 0.179 e. The van der Waals surface area contributed by atoms with Gasteiger partial charge in [-0.05, 0) is 32.7 Å². The Hall–Kier alpha value is -1.19. The number of likely N-dealkylation sites (tertiary alicyclic amines) is 1. The normalized spacial score (nSPS) is 21.6. The average Bonchev–Trinajstić information content (AvgIpc) is 2.49. The van der Waals surface area contributed by atoms with Gasteiger partial charge in [0.25, 0.3) is 0 Å². The topological polar surface area (TPSA) is 29.5 Å². The van der Waals surface area contributed by atoms with E-state index in [4.69, 9.17) is 4.74 Å². The number of piperidine rings is 1. The molecule has 1 saturated heterocycles. The predicted octanol–water partition coefficient (Wildman–Crippen LogP) is 3.15. The van der Waals surface area contributed by atoms with E-state index in [1.807, 2.05) is 37.3 Å². The van der Waals surface area contributed by atoms with E-state index in [1.54, 1.807) is 0 Å². The summed E-state index contributed by atoms with van der Waals surface area (Å²) in [7, 11) is 0. The van der Waals surface area contributed by atoms with Crippen molar-refractivity contribution in [1.82, 2.24) is 4.90 Å². The second kappa shape index (κ2) is 7.55. The van der Waals surface area contributed by atoms with Crippen molar-refractivity contribution >= 4 is 5.78 Å². The molecule has 1 fully saturated rings. The Morgan fingerprint density at radius 1 is 1.35 bits per heavy atom. The number of benzene rings is 1. The van der Waals surface area contributed by atoms with E-state index in [2.05, 4.69) is 11.8 Å². The largest absolute Gasteiger partial charge is 0.377 e. The molecule has 0 aliphatic carbocycles. The van der Waals surface area contributed by atoms with Gasteiger partial charge in [0, 0.05) is 18.7 Å². The lowest BCUT2D eigenvalue weighted by Gasteiger charge is -2.37. The lowest BCUT2D eigenvalue weighted by Crippen LogP contribution is -2.48. The zero-order valence-electron chi connectivity index (χ0n) is 12.5. The number of ether oxygens (including phenoxy) is 1. The van der Waals surface area contributed by atoms with Crippen LogP contribution in [0, 0.1) is 0 Å². The number of hydrogen-bond donors (Lipinski definition) is 0. The highest BCUT2D eigenvalue weighted by Crippen LogP contribution is 2.20. The lowest BCUT2D eigenvalue weighted by atomic mass is 9.97. The first kappa shape index (κ1) is 15.2. The van der Waals surface area contributed by atoms with Crippen LogP contribution in [-0.4, -0.2) is 42.5 Å². The molecule has 0 N–H and O–H groups in total. The summed E-state index contributed by atoms with van der Waals surface area (Å²) < 4.78 is 5.74. The van der Waals surface area contributed by atoms with Crippen molar-refractivity contribution in [3.63, 3.8) is 0 Å². The fraction of sp³-hybridized carbons (Fsp3) is 0.588. The zero-order chi connectivity index (χ0) is 14.4. The molecule has 1 aromatic carbocycles. The summed E-state index contributed by atoms with van der Waals surface area (Å²) in [5.41, 5.74) is 0.817. The van der Waals surface area contributed by atoms with Gasteiger partial charge in [-0.25, -0.2) is 0 Å². The van der Waals surface area contributed by atoms with Gasteiger partial charge in [0.15, 0.2) is 5.78 Å². The minimum Gasteiger partial charge on any atom is -0.377 e. The van der Waals surface area contributed by atoms with E-state index in [1.165, 1.54) is 0 Å². The molecule has 2 rings (SSSR count). The molecule has 3 nitrogen and oxygen atoms in total. The van der Waals surface area contributed by atoms with E-state index in [0.717, 1.165) is 44.5 Å². The van der Waals surface area contributed by atoms with Crippen molar-refractivity contribution in [3.05, 3.63) is 35.9 Å². The van der Waals surface area contributed by atoms with Crippen LogP contribution >= 0.6 is 0 Å². The van der Waals surface area contributed by atoms with E-state index in [9.17, 15) is 4.79 Å². The van der Waals surface area contributed by atoms with Crippen LogP contribution in [0.1, 0.15) is 43.5 Å². The van der Waals surface area contributed by atoms with Crippen molar-refractivity contribution in [1.29, 1.82) is 0 Å². The van der Waals surface area contributed by atoms with Crippen LogP contribution in [-0.2, 0) is 4.74 Å². The molecule has 110 valence electrons. The molecule has 0 bridgehead atoms. The van der Waals surface area contributed by atoms with Crippen LogP contribution in [0.4, 0.5) is 0 Å². The van der Waals surface area contributed by atoms with Crippen molar-refractivity contribution in [3.8, 4) is 0 Å². The minimum atomic E-state index is -0.0133. The van der Waals surface area contributed by atoms with E-state index >= 15 is 0 Å². The highest BCUT2D eigenvalue weighted by molar-refractivity contribution is 6.00. The molecule has 0 spiro atoms. The second-order valence-electron chi connectivity index (χ2n) is 5.37. The Kier molecular flexibility index (Phi) is 5.74. The van der Waals surface area contributed by atoms with Gasteiger partial charge in [-0.15, -0.1) is 0 Å². The summed E-state index contributed by atoms with van der Waals surface area (Å²) in [6.07, 6.45) is 3.36. The third-order valence-electron chi connectivity index (χ3n) is 4.00. The van der Waals surface area contributed by atoms with Crippen LogP contribution in [0.15, 0.2) is 30.3 Å². The van der Waals surface area contributed by atoms with Crippen molar-refractivity contribution in [2.24, 2.45) is 0 Å². The summed E-state index contributed by atoms with van der Waals surface area (Å²) in [5, 5.41) is 0. The molecule has 0 amide bonds. The van der Waals surface area contributed by atoms with Gasteiger partial charge in [-0.3, -0.25) is 9.69 Å². The van der Waals surface area contributed by atoms with E-state index in [0.29, 0.717) is 0 Å². The van der Waals surface area contributed by atoms with Gasteiger partial charge in [-0.2, -0.15) is 0 Å². The molecule has 1 aromatic rings. The molecule has 1 aliphatic rings. The number of carbonyl (C=O) groups excluding carboxylic acids is 1. The van der Waals surface area contributed by atoms with Crippen LogP contribution in [0.3, 0.4) is 0 Å². The molecular weight excluding hydrogens is 250 g/mol. The van der Waals surface area contributed by atoms with Crippen molar-refractivity contribution in [2.45, 2.75) is 45.3 Å². The Bertz CT molecular complexity index is 416. The number of nitrogens with zero attached hydrogens (tertiary/aromatic N) is 1. The van der Waals surface area contributed by atoms with Gasteiger partial charge in [0.1, 0.15) is 0 Å². The molecule has 1 heterocycles. The smallest absolute Gasteiger partial charge is 0.179 e. The van der Waals surface area contributed by atoms with E-state index < -0.39 is 0 Å². The minimum absolute atomic E-state index is 0.0133. The number of Topliss-reactive ketones (excluding diaryl/α,β-unsaturated/α-hetero) is 1. The quantitative estimate of drug-likeness (QED) is 0.747. The standard InChI is InChI=1S/C17H25NO2/c1-3-16(17(19)14-9-6-5-7-10-14)18-12-8-11-15(13-18)20-4-2/h5-7,9-10,15-16H,3-4,8,11-13H2,1-2H3. The maximum atomic E-state index is 12.7. The molecular formula is C17H25NO2. The predicted molar refractivity (Wildman–Crippen MR) is 81.1 cm³/mol. The Morgan fingerprint density at radius 3 is 2.75 bits per heavy atom. The van der Waals surface area contributed by atoms with Gasteiger partial charge in [0.2, 0.25) is 0 Å². The average molecular weight is 275 g/mol. The second-order valence-corrected chi connectivity index (χ2v) is 5.37. The Morgan fingerprint density at radius 2 is 2.10 bits per heavy atom. The number of rotatable bonds is 6. The van der Waals surface area contributed by atoms with Crippen LogP contribution in [0.2, 0.25) is 0 Å². The third-order valence-corrected chi connectivity index (χ3v) is 4.00. The molecule has 2 atom stereocenters. The number of hydrogen-bond acceptors (Lipinski definition) is 3. The first-order valence-corrected chi connectivity index (χ1v) is 7.71. The molecule has 0 radical (unpaired) electrons. The van der Waals surface area contributed by atoms with Crippen LogP contribution in [0.5, 0.6) is 0 Å². The monoisotopic (exact) mass is 275 g/mol. The number of carbonyl (C=O) groups is 1. The summed E-state index contributed by atoms with van der Waals surface area (Å²) in [4.78, 5) is 15.0. The van der Waals surface area contributed by atoms with Gasteiger partial charge >= 0.3 is 0 Å². The molecule has 3 heteroatoms. The summed E-state index contributed by atoms with van der Waals surface area (Å²) in [6.45, 7) is 6.76. The van der Waals surface area contributed by atoms with Gasteiger partial charge < -0.3 is 4.74 Å². The highest BCUT2D eigenvalue weighted by atomic mass is 16.5. The van der Waals surface area contributed by atoms with Crippen LogP contribution < -0.4 is 0 Å². The fourth-order valence-electron chi connectivity index (χ4n) is 3.03. The SMILES string of the molecule is CCOC1CCCN(C(CC)C(=O)c2ccccc2)C1. The Balaban J connectivity index is 2.05. The van der Waals surface area contributed by atoms with Crippen molar-refractivity contribution < 1.29 is 9.53 Å². The first-order valence-electron chi connectivity index (χ1n) is 7.71. The molecule has 20 heavy (non-hydrogen) atoms. The maximum absolute atomic E-state index is 12.7. The first-order chi connectivity index (χ1) is 9.76. The van der Waals surface area contributed by atoms with E-state index in [-0.39, 0.29) is 17.9 Å². The molecule has 2 unspecified atom stereocenters. The molecule has 1 aliphatic heterocycles. The zero-order valence-corrected chi connectivity index (χ0v) is 12.5. The summed E-state index contributed by atoms with van der Waals surface area (Å²) in [5.74, 6) is 0.241. The van der Waals surface area contributed by atoms with Gasteiger partial charge in [-0.1, -0.05) is 37.3 Å². The highest BCUT2D eigenvalue weighted by Gasteiger charge is 2.29. The van der Waals surface area contributed by atoms with Crippen molar-refractivity contribution in [2.75, 3.05) is 19.7 Å². The fourth-order valence-corrected chi connectivity index (χ4v) is 3.03. The summed E-state index contributed by atoms with van der Waals surface area (Å²) in [6, 6.07) is 9.62. The van der Waals surface area contributed by atoms with Gasteiger partial charge in [0.05, 0.1) is 12.1 Å². The number of ketones is 1. The summed E-state index contributed by atoms with van der Waals surface area (Å²) >= 11 is 0.